The third-order valence-corrected chi connectivity index (χ3v) is 4.68. The van der Waals surface area contributed by atoms with E-state index >= 15 is 0 Å². The Morgan fingerprint density at radius 2 is 1.86 bits per heavy atom. The van der Waals surface area contributed by atoms with Gasteiger partial charge in [0.25, 0.3) is 0 Å². The molecule has 0 unspecified atom stereocenters. The zero-order valence-corrected chi connectivity index (χ0v) is 16.4. The lowest BCUT2D eigenvalue weighted by Gasteiger charge is -2.24. The number of esters is 1. The molecule has 0 spiro atoms. The van der Waals surface area contributed by atoms with E-state index in [4.69, 9.17) is 25.8 Å². The van der Waals surface area contributed by atoms with Crippen LogP contribution in [0, 0.1) is 0 Å². The van der Waals surface area contributed by atoms with E-state index in [0.717, 1.165) is 11.1 Å². The van der Waals surface area contributed by atoms with E-state index in [1.807, 2.05) is 30.3 Å². The summed E-state index contributed by atoms with van der Waals surface area (Å²) in [7, 11) is 1.34. The molecule has 0 aromatic heterocycles. The van der Waals surface area contributed by atoms with Gasteiger partial charge in [-0.2, -0.15) is 0 Å². The molecule has 1 amide bonds. The van der Waals surface area contributed by atoms with Gasteiger partial charge in [0.15, 0.2) is 11.5 Å². The van der Waals surface area contributed by atoms with E-state index in [2.05, 4.69) is 0 Å². The second kappa shape index (κ2) is 9.46. The van der Waals surface area contributed by atoms with Crippen molar-refractivity contribution in [3.05, 3.63) is 58.6 Å². The number of nitrogens with zero attached hydrogens (tertiary/aromatic N) is 1. The summed E-state index contributed by atoms with van der Waals surface area (Å²) in [6.45, 7) is 1.58. The molecule has 0 saturated carbocycles. The van der Waals surface area contributed by atoms with Crippen LogP contribution in [0.4, 0.5) is 0 Å². The van der Waals surface area contributed by atoms with Crippen molar-refractivity contribution in [3.8, 4) is 11.5 Å². The first-order chi connectivity index (χ1) is 13.6. The van der Waals surface area contributed by atoms with Crippen molar-refractivity contribution < 1.29 is 23.8 Å². The minimum Gasteiger partial charge on any atom is -0.486 e. The molecule has 0 atom stereocenters. The maximum atomic E-state index is 13.0. The van der Waals surface area contributed by atoms with Gasteiger partial charge in [-0.25, -0.2) is 0 Å². The Morgan fingerprint density at radius 1 is 1.11 bits per heavy atom. The Hall–Kier alpha value is -2.73. The summed E-state index contributed by atoms with van der Waals surface area (Å²) in [4.78, 5) is 26.2. The van der Waals surface area contributed by atoms with E-state index in [-0.39, 0.29) is 31.3 Å². The van der Waals surface area contributed by atoms with Crippen LogP contribution in [0.25, 0.3) is 0 Å². The van der Waals surface area contributed by atoms with Gasteiger partial charge in [0, 0.05) is 13.1 Å². The molecule has 0 fully saturated rings. The summed E-state index contributed by atoms with van der Waals surface area (Å²) in [5.41, 5.74) is 1.72. The second-order valence-corrected chi connectivity index (χ2v) is 6.81. The Balaban J connectivity index is 1.74. The highest BCUT2D eigenvalue weighted by molar-refractivity contribution is 6.32. The summed E-state index contributed by atoms with van der Waals surface area (Å²) >= 11 is 6.27. The highest BCUT2D eigenvalue weighted by atomic mass is 35.5. The third-order valence-electron chi connectivity index (χ3n) is 4.39. The lowest BCUT2D eigenvalue weighted by atomic mass is 10.1. The smallest absolute Gasteiger partial charge is 0.307 e. The number of hydrogen-bond acceptors (Lipinski definition) is 5. The standard InChI is InChI=1S/C21H22ClNO5/c1-26-20(25)7-8-23(14-15-5-3-2-4-6-15)19(24)13-16-11-17(22)21-18(12-16)27-9-10-28-21/h2-6,11-12H,7-10,13-14H2,1H3. The molecule has 2 aromatic rings. The van der Waals surface area contributed by atoms with Crippen LogP contribution >= 0.6 is 11.6 Å². The molecular formula is C21H22ClNO5. The zero-order chi connectivity index (χ0) is 19.9. The van der Waals surface area contributed by atoms with E-state index in [1.54, 1.807) is 17.0 Å². The Kier molecular flexibility index (Phi) is 6.76. The van der Waals surface area contributed by atoms with Crippen LogP contribution in [-0.4, -0.2) is 43.6 Å². The second-order valence-electron chi connectivity index (χ2n) is 6.41. The predicted molar refractivity (Wildman–Crippen MR) is 105 cm³/mol. The van der Waals surface area contributed by atoms with E-state index < -0.39 is 0 Å². The summed E-state index contributed by atoms with van der Waals surface area (Å²) in [6.07, 6.45) is 0.279. The van der Waals surface area contributed by atoms with Crippen LogP contribution in [0.2, 0.25) is 5.02 Å². The maximum Gasteiger partial charge on any atom is 0.307 e. The minimum absolute atomic E-state index is 0.111. The molecule has 0 saturated heterocycles. The van der Waals surface area contributed by atoms with Gasteiger partial charge in [-0.3, -0.25) is 9.59 Å². The number of carbonyl (C=O) groups excluding carboxylic acids is 2. The Morgan fingerprint density at radius 3 is 2.61 bits per heavy atom. The van der Waals surface area contributed by atoms with Gasteiger partial charge < -0.3 is 19.1 Å². The van der Waals surface area contributed by atoms with Crippen molar-refractivity contribution in [2.75, 3.05) is 26.9 Å². The maximum absolute atomic E-state index is 13.0. The predicted octanol–water partition coefficient (Wildman–Crippen LogP) is 3.25. The SMILES string of the molecule is COC(=O)CCN(Cc1ccccc1)C(=O)Cc1cc(Cl)c2c(c1)OCCO2. The number of fused-ring (bicyclic) bond motifs is 1. The van der Waals surface area contributed by atoms with Gasteiger partial charge in [0.05, 0.1) is 25.0 Å². The van der Waals surface area contributed by atoms with Crippen LogP contribution < -0.4 is 9.47 Å². The molecule has 28 heavy (non-hydrogen) atoms. The minimum atomic E-state index is -0.353. The average Bonchev–Trinajstić information content (AvgIpc) is 2.71. The van der Waals surface area contributed by atoms with Crippen LogP contribution in [0.15, 0.2) is 42.5 Å². The number of ether oxygens (including phenoxy) is 3. The van der Waals surface area contributed by atoms with Gasteiger partial charge in [0.1, 0.15) is 13.2 Å². The first kappa shape index (κ1) is 20.0. The number of halogens is 1. The van der Waals surface area contributed by atoms with Gasteiger partial charge in [-0.05, 0) is 23.3 Å². The third kappa shape index (κ3) is 5.16. The van der Waals surface area contributed by atoms with Gasteiger partial charge >= 0.3 is 5.97 Å². The highest BCUT2D eigenvalue weighted by Crippen LogP contribution is 2.38. The molecule has 0 radical (unpaired) electrons. The fraction of sp³-hybridized carbons (Fsp3) is 0.333. The van der Waals surface area contributed by atoms with E-state index in [9.17, 15) is 9.59 Å². The fourth-order valence-electron chi connectivity index (χ4n) is 2.98. The number of amides is 1. The molecule has 2 aromatic carbocycles. The number of hydrogen-bond donors (Lipinski definition) is 0. The van der Waals surface area contributed by atoms with Crippen molar-refractivity contribution in [2.45, 2.75) is 19.4 Å². The largest absolute Gasteiger partial charge is 0.486 e. The summed E-state index contributed by atoms with van der Waals surface area (Å²) in [5, 5.41) is 0.421. The molecule has 7 heteroatoms. The van der Waals surface area contributed by atoms with Crippen LogP contribution in [0.3, 0.4) is 0 Å². The molecule has 148 valence electrons. The average molecular weight is 404 g/mol. The van der Waals surface area contributed by atoms with Crippen molar-refractivity contribution in [3.63, 3.8) is 0 Å². The highest BCUT2D eigenvalue weighted by Gasteiger charge is 2.20. The van der Waals surface area contributed by atoms with Gasteiger partial charge in [-0.1, -0.05) is 41.9 Å². The van der Waals surface area contributed by atoms with E-state index in [1.165, 1.54) is 7.11 Å². The molecular weight excluding hydrogens is 382 g/mol. The van der Waals surface area contributed by atoms with Crippen molar-refractivity contribution in [1.82, 2.24) is 4.90 Å². The van der Waals surface area contributed by atoms with E-state index in [0.29, 0.717) is 36.3 Å². The summed E-state index contributed by atoms with van der Waals surface area (Å²) < 4.78 is 15.8. The van der Waals surface area contributed by atoms with Crippen LogP contribution in [-0.2, 0) is 27.3 Å². The van der Waals surface area contributed by atoms with Gasteiger partial charge in [0.2, 0.25) is 5.91 Å². The zero-order valence-electron chi connectivity index (χ0n) is 15.7. The molecule has 6 nitrogen and oxygen atoms in total. The number of methoxy groups -OCH3 is 1. The number of carbonyl (C=O) groups is 2. The van der Waals surface area contributed by atoms with Crippen LogP contribution in [0.5, 0.6) is 11.5 Å². The molecule has 1 heterocycles. The van der Waals surface area contributed by atoms with Gasteiger partial charge in [-0.15, -0.1) is 0 Å². The van der Waals surface area contributed by atoms with Crippen molar-refractivity contribution in [2.24, 2.45) is 0 Å². The lowest BCUT2D eigenvalue weighted by Crippen LogP contribution is -2.34. The molecule has 0 bridgehead atoms. The lowest BCUT2D eigenvalue weighted by molar-refractivity contribution is -0.141. The molecule has 0 N–H and O–H groups in total. The molecule has 3 rings (SSSR count). The number of benzene rings is 2. The number of rotatable bonds is 7. The first-order valence-corrected chi connectivity index (χ1v) is 9.41. The van der Waals surface area contributed by atoms with Crippen molar-refractivity contribution >= 4 is 23.5 Å². The van der Waals surface area contributed by atoms with Crippen LogP contribution in [0.1, 0.15) is 17.5 Å². The summed E-state index contributed by atoms with van der Waals surface area (Å²) in [5.74, 6) is 0.593. The fourth-order valence-corrected chi connectivity index (χ4v) is 3.26. The molecule has 0 aliphatic carbocycles. The van der Waals surface area contributed by atoms with Crippen molar-refractivity contribution in [1.29, 1.82) is 0 Å². The monoisotopic (exact) mass is 403 g/mol. The first-order valence-electron chi connectivity index (χ1n) is 9.03. The topological polar surface area (TPSA) is 65.1 Å². The molecule has 1 aliphatic heterocycles. The summed E-state index contributed by atoms with van der Waals surface area (Å²) in [6, 6.07) is 13.1. The quantitative estimate of drug-likeness (QED) is 0.664. The Bertz CT molecular complexity index is 840. The normalized spacial score (nSPS) is 12.4. The Labute approximate surface area is 168 Å². The molecule has 1 aliphatic rings.